The second-order valence-electron chi connectivity index (χ2n) is 5.07. The van der Waals surface area contributed by atoms with Gasteiger partial charge in [0.1, 0.15) is 6.10 Å². The van der Waals surface area contributed by atoms with Gasteiger partial charge in [-0.05, 0) is 25.0 Å². The van der Waals surface area contributed by atoms with Crippen molar-refractivity contribution in [2.75, 3.05) is 0 Å². The third kappa shape index (κ3) is 3.48. The van der Waals surface area contributed by atoms with Gasteiger partial charge in [-0.3, -0.25) is 4.84 Å². The van der Waals surface area contributed by atoms with Gasteiger partial charge in [-0.1, -0.05) is 60.7 Å². The van der Waals surface area contributed by atoms with E-state index in [1.807, 2.05) is 43.3 Å². The quantitative estimate of drug-likeness (QED) is 0.800. The molecule has 0 saturated heterocycles. The summed E-state index contributed by atoms with van der Waals surface area (Å²) in [6.07, 6.45) is -0.256. The predicted molar refractivity (Wildman–Crippen MR) is 80.5 cm³/mol. The van der Waals surface area contributed by atoms with Gasteiger partial charge >= 0.3 is 5.97 Å². The highest BCUT2D eigenvalue weighted by Gasteiger charge is 2.36. The molecule has 0 heterocycles. The molecule has 4 heteroatoms. The Morgan fingerprint density at radius 2 is 1.62 bits per heavy atom. The van der Waals surface area contributed by atoms with E-state index < -0.39 is 11.5 Å². The minimum Gasteiger partial charge on any atom is -0.480 e. The third-order valence-corrected chi connectivity index (χ3v) is 3.49. The van der Waals surface area contributed by atoms with Crippen molar-refractivity contribution in [2.24, 2.45) is 0 Å². The van der Waals surface area contributed by atoms with Gasteiger partial charge in [-0.15, -0.1) is 0 Å². The normalized spacial score (nSPS) is 15.1. The second-order valence-corrected chi connectivity index (χ2v) is 5.07. The summed E-state index contributed by atoms with van der Waals surface area (Å²) >= 11 is 0. The Balaban J connectivity index is 2.13. The van der Waals surface area contributed by atoms with E-state index in [0.717, 1.165) is 5.56 Å². The van der Waals surface area contributed by atoms with Gasteiger partial charge in [0.05, 0.1) is 0 Å². The molecule has 2 atom stereocenters. The molecule has 0 radical (unpaired) electrons. The minimum atomic E-state index is -1.30. The van der Waals surface area contributed by atoms with E-state index >= 15 is 0 Å². The summed E-state index contributed by atoms with van der Waals surface area (Å²) in [5.41, 5.74) is 3.02. The number of benzene rings is 2. The first-order chi connectivity index (χ1) is 10.0. The van der Waals surface area contributed by atoms with Crippen molar-refractivity contribution in [3.8, 4) is 0 Å². The Morgan fingerprint density at radius 3 is 2.14 bits per heavy atom. The Labute approximate surface area is 124 Å². The number of rotatable bonds is 6. The van der Waals surface area contributed by atoms with Crippen LogP contribution in [0.25, 0.3) is 0 Å². The van der Waals surface area contributed by atoms with Crippen LogP contribution in [0.3, 0.4) is 0 Å². The van der Waals surface area contributed by atoms with Crippen LogP contribution < -0.4 is 5.48 Å². The summed E-state index contributed by atoms with van der Waals surface area (Å²) < 4.78 is 0. The molecule has 0 fully saturated rings. The molecule has 0 aliphatic rings. The molecule has 0 aromatic heterocycles. The van der Waals surface area contributed by atoms with Crippen LogP contribution in [0.4, 0.5) is 0 Å². The first-order valence-electron chi connectivity index (χ1n) is 6.80. The number of hydrogen-bond acceptors (Lipinski definition) is 3. The first-order valence-corrected chi connectivity index (χ1v) is 6.80. The van der Waals surface area contributed by atoms with Crippen LogP contribution in [-0.2, 0) is 15.2 Å². The molecule has 2 unspecified atom stereocenters. The maximum absolute atomic E-state index is 11.6. The lowest BCUT2D eigenvalue weighted by atomic mass is 9.93. The number of nitrogens with one attached hydrogen (secondary N) is 1. The zero-order valence-electron chi connectivity index (χ0n) is 12.1. The molecule has 0 bridgehead atoms. The van der Waals surface area contributed by atoms with Crippen LogP contribution in [0.5, 0.6) is 0 Å². The molecule has 2 N–H and O–H groups in total. The second kappa shape index (κ2) is 6.52. The van der Waals surface area contributed by atoms with E-state index in [1.54, 1.807) is 31.2 Å². The number of carboxylic acid groups (broad SMARTS) is 1. The Bertz CT molecular complexity index is 585. The topological polar surface area (TPSA) is 58.6 Å². The van der Waals surface area contributed by atoms with Crippen LogP contribution >= 0.6 is 0 Å². The number of aliphatic carboxylic acids is 1. The monoisotopic (exact) mass is 285 g/mol. The summed E-state index contributed by atoms with van der Waals surface area (Å²) in [7, 11) is 0. The van der Waals surface area contributed by atoms with Crippen molar-refractivity contribution in [3.05, 3.63) is 71.8 Å². The fourth-order valence-electron chi connectivity index (χ4n) is 2.00. The van der Waals surface area contributed by atoms with Gasteiger partial charge in [0.25, 0.3) is 0 Å². The van der Waals surface area contributed by atoms with E-state index in [4.69, 9.17) is 4.84 Å². The molecule has 0 amide bonds. The highest BCUT2D eigenvalue weighted by atomic mass is 16.7. The average molecular weight is 285 g/mol. The van der Waals surface area contributed by atoms with Gasteiger partial charge in [0, 0.05) is 0 Å². The van der Waals surface area contributed by atoms with Crippen molar-refractivity contribution in [3.63, 3.8) is 0 Å². The zero-order valence-corrected chi connectivity index (χ0v) is 12.1. The van der Waals surface area contributed by atoms with Gasteiger partial charge in [-0.2, -0.15) is 5.48 Å². The van der Waals surface area contributed by atoms with E-state index in [0.29, 0.717) is 5.56 Å². The summed E-state index contributed by atoms with van der Waals surface area (Å²) in [5, 5.41) is 9.53. The zero-order chi connectivity index (χ0) is 15.3. The number of hydroxylamine groups is 1. The molecule has 0 aliphatic carbocycles. The van der Waals surface area contributed by atoms with Gasteiger partial charge in [-0.25, -0.2) is 4.79 Å². The van der Waals surface area contributed by atoms with Crippen molar-refractivity contribution in [1.82, 2.24) is 5.48 Å². The van der Waals surface area contributed by atoms with Gasteiger partial charge in [0.2, 0.25) is 0 Å². The van der Waals surface area contributed by atoms with Crippen LogP contribution in [0.15, 0.2) is 60.7 Å². The molecule has 4 nitrogen and oxygen atoms in total. The standard InChI is InChI=1S/C17H19NO3/c1-13(14-9-5-3-6-10-14)21-18-17(2,16(19)20)15-11-7-4-8-12-15/h3-13,18H,1-2H3,(H,19,20). The molecule has 2 rings (SSSR count). The van der Waals surface area contributed by atoms with E-state index in [1.165, 1.54) is 0 Å². The Morgan fingerprint density at radius 1 is 1.10 bits per heavy atom. The highest BCUT2D eigenvalue weighted by molar-refractivity contribution is 5.80. The molecular formula is C17H19NO3. The predicted octanol–water partition coefficient (Wildman–Crippen LogP) is 3.27. The molecule has 2 aromatic rings. The molecule has 110 valence electrons. The lowest BCUT2D eigenvalue weighted by Crippen LogP contribution is -2.46. The van der Waals surface area contributed by atoms with Crippen LogP contribution in [0, 0.1) is 0 Å². The highest BCUT2D eigenvalue weighted by Crippen LogP contribution is 2.23. The third-order valence-electron chi connectivity index (χ3n) is 3.49. The Kier molecular flexibility index (Phi) is 4.73. The number of hydrogen-bond donors (Lipinski definition) is 2. The first kappa shape index (κ1) is 15.2. The molecule has 0 spiro atoms. The van der Waals surface area contributed by atoms with Crippen molar-refractivity contribution >= 4 is 5.97 Å². The molecule has 2 aromatic carbocycles. The van der Waals surface area contributed by atoms with E-state index in [2.05, 4.69) is 5.48 Å². The maximum Gasteiger partial charge on any atom is 0.330 e. The summed E-state index contributed by atoms with van der Waals surface area (Å²) in [6, 6.07) is 18.6. The summed E-state index contributed by atoms with van der Waals surface area (Å²) in [6.45, 7) is 3.46. The Hall–Kier alpha value is -2.17. The van der Waals surface area contributed by atoms with Crippen molar-refractivity contribution < 1.29 is 14.7 Å². The average Bonchev–Trinajstić information content (AvgIpc) is 2.53. The van der Waals surface area contributed by atoms with Crippen LogP contribution in [0.2, 0.25) is 0 Å². The largest absolute Gasteiger partial charge is 0.480 e. The maximum atomic E-state index is 11.6. The lowest BCUT2D eigenvalue weighted by Gasteiger charge is -2.28. The smallest absolute Gasteiger partial charge is 0.330 e. The number of carbonyl (C=O) groups is 1. The van der Waals surface area contributed by atoms with E-state index in [-0.39, 0.29) is 6.10 Å². The van der Waals surface area contributed by atoms with Crippen molar-refractivity contribution in [1.29, 1.82) is 0 Å². The molecule has 0 saturated carbocycles. The van der Waals surface area contributed by atoms with Crippen LogP contribution in [-0.4, -0.2) is 11.1 Å². The van der Waals surface area contributed by atoms with Gasteiger partial charge < -0.3 is 5.11 Å². The summed E-state index contributed by atoms with van der Waals surface area (Å²) in [5.74, 6) is -0.992. The molecule has 21 heavy (non-hydrogen) atoms. The fraction of sp³-hybridized carbons (Fsp3) is 0.235. The van der Waals surface area contributed by atoms with Gasteiger partial charge in [0.15, 0.2) is 5.54 Å². The lowest BCUT2D eigenvalue weighted by molar-refractivity contribution is -0.156. The molecule has 0 aliphatic heterocycles. The van der Waals surface area contributed by atoms with Crippen LogP contribution in [0.1, 0.15) is 31.1 Å². The summed E-state index contributed by atoms with van der Waals surface area (Å²) in [4.78, 5) is 17.2. The fourth-order valence-corrected chi connectivity index (χ4v) is 2.00. The molecular weight excluding hydrogens is 266 g/mol. The minimum absolute atomic E-state index is 0.256. The SMILES string of the molecule is CC(ONC(C)(C(=O)O)c1ccccc1)c1ccccc1. The van der Waals surface area contributed by atoms with Crippen molar-refractivity contribution in [2.45, 2.75) is 25.5 Å². The van der Waals surface area contributed by atoms with E-state index in [9.17, 15) is 9.90 Å². The number of carboxylic acids is 1.